The number of unbranched alkanes of at least 4 members (excludes halogenated alkanes) is 2. The maximum atomic E-state index is 8.85. The first-order valence-electron chi connectivity index (χ1n) is 10.3. The second-order valence-corrected chi connectivity index (χ2v) is 7.86. The molecule has 1 saturated carbocycles. The van der Waals surface area contributed by atoms with Gasteiger partial charge in [-0.05, 0) is 69.5 Å². The molecule has 1 aromatic heterocycles. The van der Waals surface area contributed by atoms with Gasteiger partial charge in [-0.25, -0.2) is 0 Å². The summed E-state index contributed by atoms with van der Waals surface area (Å²) in [5.74, 6) is 0. The lowest BCUT2D eigenvalue weighted by Crippen LogP contribution is -2.44. The van der Waals surface area contributed by atoms with Gasteiger partial charge >= 0.3 is 0 Å². The fourth-order valence-electron chi connectivity index (χ4n) is 4.77. The maximum absolute atomic E-state index is 8.85. The highest BCUT2D eigenvalue weighted by molar-refractivity contribution is 5.97. The molecule has 0 unspecified atom stereocenters. The number of aliphatic hydroxyl groups excluding tert-OH is 1. The van der Waals surface area contributed by atoms with Crippen LogP contribution in [0.15, 0.2) is 30.6 Å². The molecule has 0 saturated heterocycles. The third kappa shape index (κ3) is 3.72. The molecule has 0 amide bonds. The van der Waals surface area contributed by atoms with Gasteiger partial charge in [0.25, 0.3) is 0 Å². The van der Waals surface area contributed by atoms with E-state index in [9.17, 15) is 0 Å². The van der Waals surface area contributed by atoms with Crippen molar-refractivity contribution < 1.29 is 5.11 Å². The van der Waals surface area contributed by atoms with E-state index in [1.807, 2.05) is 6.20 Å². The van der Waals surface area contributed by atoms with Crippen molar-refractivity contribution in [3.05, 3.63) is 36.2 Å². The zero-order valence-electron chi connectivity index (χ0n) is 15.7. The molecule has 26 heavy (non-hydrogen) atoms. The predicted molar refractivity (Wildman–Crippen MR) is 108 cm³/mol. The third-order valence-corrected chi connectivity index (χ3v) is 6.18. The van der Waals surface area contributed by atoms with Crippen LogP contribution in [0.2, 0.25) is 0 Å². The van der Waals surface area contributed by atoms with Crippen molar-refractivity contribution in [1.82, 2.24) is 10.3 Å². The van der Waals surface area contributed by atoms with E-state index in [1.165, 1.54) is 54.1 Å². The molecule has 2 N–H and O–H groups in total. The Labute approximate surface area is 156 Å². The van der Waals surface area contributed by atoms with Crippen molar-refractivity contribution >= 4 is 16.5 Å². The number of aliphatic hydroxyl groups is 1. The number of hydrogen-bond donors (Lipinski definition) is 2. The van der Waals surface area contributed by atoms with E-state index in [4.69, 9.17) is 5.11 Å². The second kappa shape index (κ2) is 8.36. The number of hydrogen-bond acceptors (Lipinski definition) is 4. The third-order valence-electron chi connectivity index (χ3n) is 6.18. The molecule has 1 aromatic carbocycles. The molecular weight excluding hydrogens is 322 g/mol. The molecule has 140 valence electrons. The average molecular weight is 354 g/mol. The van der Waals surface area contributed by atoms with Crippen molar-refractivity contribution in [3.8, 4) is 0 Å². The van der Waals surface area contributed by atoms with Crippen LogP contribution in [0.3, 0.4) is 0 Å². The van der Waals surface area contributed by atoms with E-state index in [0.717, 1.165) is 32.4 Å². The van der Waals surface area contributed by atoms with Crippen molar-refractivity contribution in [2.45, 2.75) is 63.5 Å². The molecule has 4 heteroatoms. The van der Waals surface area contributed by atoms with Crippen LogP contribution in [0.4, 0.5) is 5.69 Å². The van der Waals surface area contributed by atoms with Gasteiger partial charge in [0.05, 0.1) is 0 Å². The van der Waals surface area contributed by atoms with Gasteiger partial charge in [0.15, 0.2) is 0 Å². The number of anilines is 1. The summed E-state index contributed by atoms with van der Waals surface area (Å²) in [5, 5.41) is 15.3. The minimum Gasteiger partial charge on any atom is -0.396 e. The summed E-state index contributed by atoms with van der Waals surface area (Å²) < 4.78 is 0. The van der Waals surface area contributed by atoms with Crippen molar-refractivity contribution in [2.75, 3.05) is 24.6 Å². The molecule has 4 rings (SSSR count). The normalized spacial score (nSPS) is 22.7. The lowest BCUT2D eigenvalue weighted by molar-refractivity contribution is 0.280. The van der Waals surface area contributed by atoms with Crippen LogP contribution in [0, 0.1) is 0 Å². The Bertz CT molecular complexity index is 719. The van der Waals surface area contributed by atoms with Crippen LogP contribution in [-0.2, 0) is 6.42 Å². The van der Waals surface area contributed by atoms with Crippen LogP contribution in [-0.4, -0.2) is 41.9 Å². The van der Waals surface area contributed by atoms with Crippen LogP contribution in [0.5, 0.6) is 0 Å². The van der Waals surface area contributed by atoms with Crippen LogP contribution in [0.1, 0.15) is 50.5 Å². The van der Waals surface area contributed by atoms with Crippen LogP contribution in [0.25, 0.3) is 10.8 Å². The van der Waals surface area contributed by atoms with E-state index in [0.29, 0.717) is 18.7 Å². The van der Waals surface area contributed by atoms with Crippen molar-refractivity contribution in [2.24, 2.45) is 0 Å². The zero-order chi connectivity index (χ0) is 17.8. The molecule has 1 fully saturated rings. The van der Waals surface area contributed by atoms with Crippen LogP contribution < -0.4 is 10.2 Å². The summed E-state index contributed by atoms with van der Waals surface area (Å²) in [7, 11) is 0. The molecule has 1 aliphatic heterocycles. The fourth-order valence-corrected chi connectivity index (χ4v) is 4.77. The number of nitrogens with zero attached hydrogens (tertiary/aromatic N) is 2. The topological polar surface area (TPSA) is 48.4 Å². The number of rotatable bonds is 7. The molecule has 2 aliphatic rings. The minimum absolute atomic E-state index is 0.326. The Morgan fingerprint density at radius 3 is 2.81 bits per heavy atom. The van der Waals surface area contributed by atoms with Gasteiger partial charge in [0.1, 0.15) is 0 Å². The van der Waals surface area contributed by atoms with Gasteiger partial charge in [-0.3, -0.25) is 4.98 Å². The van der Waals surface area contributed by atoms with E-state index in [2.05, 4.69) is 39.6 Å². The summed E-state index contributed by atoms with van der Waals surface area (Å²) in [5.41, 5.74) is 2.83. The molecule has 2 aromatic rings. The van der Waals surface area contributed by atoms with Gasteiger partial charge < -0.3 is 15.3 Å². The Kier molecular flexibility index (Phi) is 5.71. The van der Waals surface area contributed by atoms with Gasteiger partial charge in [-0.1, -0.05) is 12.1 Å². The van der Waals surface area contributed by atoms with Crippen LogP contribution >= 0.6 is 0 Å². The van der Waals surface area contributed by atoms with E-state index in [1.54, 1.807) is 0 Å². The largest absolute Gasteiger partial charge is 0.396 e. The first-order chi connectivity index (χ1) is 12.9. The Morgan fingerprint density at radius 1 is 1.08 bits per heavy atom. The van der Waals surface area contributed by atoms with E-state index in [-0.39, 0.29) is 0 Å². The highest BCUT2D eigenvalue weighted by Gasteiger charge is 2.29. The van der Waals surface area contributed by atoms with Crippen molar-refractivity contribution in [1.29, 1.82) is 0 Å². The van der Waals surface area contributed by atoms with Gasteiger partial charge in [0, 0.05) is 54.1 Å². The molecular formula is C22H31N3O. The molecule has 0 spiro atoms. The van der Waals surface area contributed by atoms with Gasteiger partial charge in [-0.15, -0.1) is 0 Å². The minimum atomic E-state index is 0.326. The number of pyridine rings is 1. The molecule has 0 atom stereocenters. The SMILES string of the molecule is OCCCCCNC1CCC(N2CCc3cncc4cccc2c34)CC1. The molecule has 2 heterocycles. The first-order valence-corrected chi connectivity index (χ1v) is 10.3. The zero-order valence-corrected chi connectivity index (χ0v) is 15.7. The molecule has 4 nitrogen and oxygen atoms in total. The van der Waals surface area contributed by atoms with E-state index >= 15 is 0 Å². The number of nitrogens with one attached hydrogen (secondary N) is 1. The van der Waals surface area contributed by atoms with Gasteiger partial charge in [-0.2, -0.15) is 0 Å². The summed E-state index contributed by atoms with van der Waals surface area (Å²) in [6, 6.07) is 8.03. The Hall–Kier alpha value is -1.65. The lowest BCUT2D eigenvalue weighted by Gasteiger charge is -2.41. The number of benzene rings is 1. The summed E-state index contributed by atoms with van der Waals surface area (Å²) in [6.07, 6.45) is 13.5. The maximum Gasteiger partial charge on any atom is 0.0452 e. The van der Waals surface area contributed by atoms with Gasteiger partial charge in [0.2, 0.25) is 0 Å². The standard InChI is InChI=1S/C22H31N3O/c26-14-3-1-2-12-24-19-7-9-20(10-8-19)25-13-11-18-16-23-15-17-5-4-6-21(25)22(17)18/h4-6,15-16,19-20,24,26H,1-3,7-14H2. The highest BCUT2D eigenvalue weighted by Crippen LogP contribution is 2.37. The first kappa shape index (κ1) is 17.7. The smallest absolute Gasteiger partial charge is 0.0452 e. The quantitative estimate of drug-likeness (QED) is 0.746. The lowest BCUT2D eigenvalue weighted by atomic mass is 9.88. The summed E-state index contributed by atoms with van der Waals surface area (Å²) in [4.78, 5) is 7.09. The number of aromatic nitrogens is 1. The molecule has 0 bridgehead atoms. The summed E-state index contributed by atoms with van der Waals surface area (Å²) in [6.45, 7) is 2.55. The molecule has 1 aliphatic carbocycles. The molecule has 0 radical (unpaired) electrons. The average Bonchev–Trinajstić information content (AvgIpc) is 2.69. The van der Waals surface area contributed by atoms with Crippen molar-refractivity contribution in [3.63, 3.8) is 0 Å². The predicted octanol–water partition coefficient (Wildman–Crippen LogP) is 3.66. The summed E-state index contributed by atoms with van der Waals surface area (Å²) >= 11 is 0. The second-order valence-electron chi connectivity index (χ2n) is 7.86. The highest BCUT2D eigenvalue weighted by atomic mass is 16.2. The van der Waals surface area contributed by atoms with E-state index < -0.39 is 0 Å². The monoisotopic (exact) mass is 353 g/mol. The Balaban J connectivity index is 1.36. The fraction of sp³-hybridized carbons (Fsp3) is 0.591. The Morgan fingerprint density at radius 2 is 1.96 bits per heavy atom.